The first kappa shape index (κ1) is 19.1. The Morgan fingerprint density at radius 2 is 1.93 bits per heavy atom. The third-order valence-corrected chi connectivity index (χ3v) is 4.04. The van der Waals surface area contributed by atoms with Gasteiger partial charge in [-0.2, -0.15) is 4.98 Å². The highest BCUT2D eigenvalue weighted by Crippen LogP contribution is 2.16. The van der Waals surface area contributed by atoms with E-state index in [1.54, 1.807) is 37.4 Å². The van der Waals surface area contributed by atoms with Gasteiger partial charge in [-0.1, -0.05) is 24.3 Å². The molecule has 0 bridgehead atoms. The van der Waals surface area contributed by atoms with Gasteiger partial charge in [0.25, 0.3) is 0 Å². The van der Waals surface area contributed by atoms with Crippen molar-refractivity contribution in [1.29, 1.82) is 0 Å². The lowest BCUT2D eigenvalue weighted by Crippen LogP contribution is -2.42. The molecule has 28 heavy (non-hydrogen) atoms. The molecular weight excluding hydrogens is 363 g/mol. The summed E-state index contributed by atoms with van der Waals surface area (Å²) in [5, 5.41) is 2.86. The van der Waals surface area contributed by atoms with Gasteiger partial charge in [0.05, 0.1) is 20.2 Å². The van der Waals surface area contributed by atoms with Crippen molar-refractivity contribution >= 4 is 11.6 Å². The van der Waals surface area contributed by atoms with Crippen molar-refractivity contribution in [2.45, 2.75) is 13.1 Å². The lowest BCUT2D eigenvalue weighted by Gasteiger charge is -2.15. The summed E-state index contributed by atoms with van der Waals surface area (Å²) in [6, 6.07) is 12.8. The fraction of sp³-hybridized carbons (Fsp3) is 0.150. The average Bonchev–Trinajstić information content (AvgIpc) is 2.69. The van der Waals surface area contributed by atoms with E-state index < -0.39 is 17.2 Å². The molecule has 0 atom stereocenters. The highest BCUT2D eigenvalue weighted by Gasteiger charge is 2.13. The number of benzene rings is 2. The first-order valence-corrected chi connectivity index (χ1v) is 8.50. The van der Waals surface area contributed by atoms with Gasteiger partial charge in [-0.25, -0.2) is 18.5 Å². The number of hydrogen-bond acceptors (Lipinski definition) is 5. The fourth-order valence-corrected chi connectivity index (χ4v) is 2.66. The summed E-state index contributed by atoms with van der Waals surface area (Å²) in [5.41, 5.74) is -0.0866. The number of methoxy groups -OCH3 is 1. The summed E-state index contributed by atoms with van der Waals surface area (Å²) in [4.78, 5) is 29.1. The molecule has 0 fully saturated rings. The molecule has 144 valence electrons. The molecule has 7 nitrogen and oxygen atoms in total. The Morgan fingerprint density at radius 3 is 2.57 bits per heavy atom. The number of nitrogens with one attached hydrogen (secondary N) is 1. The van der Waals surface area contributed by atoms with Crippen LogP contribution in [0.5, 0.6) is 5.75 Å². The van der Waals surface area contributed by atoms with E-state index in [9.17, 15) is 14.0 Å². The monoisotopic (exact) mass is 382 g/mol. The van der Waals surface area contributed by atoms with Crippen LogP contribution in [0.4, 0.5) is 16.0 Å². The zero-order chi connectivity index (χ0) is 20.1. The van der Waals surface area contributed by atoms with Crippen molar-refractivity contribution < 1.29 is 9.13 Å². The maximum Gasteiger partial charge on any atom is 0.355 e. The number of rotatable bonds is 7. The summed E-state index contributed by atoms with van der Waals surface area (Å²) in [6.07, 6.45) is 1.45. The minimum absolute atomic E-state index is 0.0248. The van der Waals surface area contributed by atoms with Gasteiger partial charge >= 0.3 is 11.4 Å². The molecule has 0 aliphatic rings. The molecule has 0 saturated carbocycles. The van der Waals surface area contributed by atoms with Gasteiger partial charge in [-0.05, 0) is 35.9 Å². The number of nitrogens with zero attached hydrogens (tertiary/aromatic N) is 3. The van der Waals surface area contributed by atoms with Crippen LogP contribution < -0.4 is 21.4 Å². The number of aromatic nitrogens is 3. The van der Waals surface area contributed by atoms with Crippen LogP contribution in [0.3, 0.4) is 0 Å². The Balaban J connectivity index is 2.07. The van der Waals surface area contributed by atoms with E-state index in [1.807, 2.05) is 0 Å². The molecule has 3 rings (SSSR count). The van der Waals surface area contributed by atoms with Crippen LogP contribution in [0.2, 0.25) is 0 Å². The molecular formula is C20H19FN4O3. The molecule has 0 spiro atoms. The fourth-order valence-electron chi connectivity index (χ4n) is 2.66. The van der Waals surface area contributed by atoms with Gasteiger partial charge in [0.2, 0.25) is 5.95 Å². The van der Waals surface area contributed by atoms with E-state index in [2.05, 4.69) is 16.9 Å². The van der Waals surface area contributed by atoms with Crippen LogP contribution in [0, 0.1) is 5.82 Å². The van der Waals surface area contributed by atoms with E-state index in [-0.39, 0.29) is 19.0 Å². The summed E-state index contributed by atoms with van der Waals surface area (Å²) in [5.74, 6) is 0.259. The second kappa shape index (κ2) is 8.34. The second-order valence-corrected chi connectivity index (χ2v) is 5.97. The summed E-state index contributed by atoms with van der Waals surface area (Å²) in [6.45, 7) is 3.76. The Morgan fingerprint density at radius 1 is 1.18 bits per heavy atom. The molecule has 0 radical (unpaired) electrons. The molecule has 1 aromatic heterocycles. The third kappa shape index (κ3) is 4.17. The standard InChI is InChI=1S/C20H19FN4O3/c1-3-11-24-19(26)23-18(22-16-6-4-5-15(21)12-16)25(20(24)27)13-14-7-9-17(28-2)10-8-14/h3-10,12H,1,11,13H2,2H3,(H,22,23,26). The van der Waals surface area contributed by atoms with Crippen molar-refractivity contribution in [3.05, 3.63) is 93.5 Å². The van der Waals surface area contributed by atoms with Crippen LogP contribution in [0.15, 0.2) is 70.8 Å². The Bertz CT molecular complexity index is 1100. The van der Waals surface area contributed by atoms with Gasteiger partial charge in [0.15, 0.2) is 0 Å². The number of ether oxygens (including phenoxy) is 1. The van der Waals surface area contributed by atoms with Crippen LogP contribution in [-0.4, -0.2) is 21.2 Å². The van der Waals surface area contributed by atoms with Crippen molar-refractivity contribution in [3.8, 4) is 5.75 Å². The maximum atomic E-state index is 13.5. The zero-order valence-electron chi connectivity index (χ0n) is 15.3. The number of halogens is 1. The van der Waals surface area contributed by atoms with E-state index >= 15 is 0 Å². The topological polar surface area (TPSA) is 78.2 Å². The van der Waals surface area contributed by atoms with Crippen LogP contribution in [0.25, 0.3) is 0 Å². The van der Waals surface area contributed by atoms with Crippen LogP contribution in [0.1, 0.15) is 5.56 Å². The molecule has 0 saturated heterocycles. The SMILES string of the molecule is C=CCn1c(=O)nc(Nc2cccc(F)c2)n(Cc2ccc(OC)cc2)c1=O. The molecule has 1 N–H and O–H groups in total. The van der Waals surface area contributed by atoms with Crippen molar-refractivity contribution in [3.63, 3.8) is 0 Å². The predicted molar refractivity (Wildman–Crippen MR) is 105 cm³/mol. The van der Waals surface area contributed by atoms with Crippen molar-refractivity contribution in [2.24, 2.45) is 0 Å². The van der Waals surface area contributed by atoms with Crippen molar-refractivity contribution in [2.75, 3.05) is 12.4 Å². The first-order chi connectivity index (χ1) is 13.5. The molecule has 0 amide bonds. The molecule has 8 heteroatoms. The minimum atomic E-state index is -0.713. The largest absolute Gasteiger partial charge is 0.497 e. The van der Waals surface area contributed by atoms with Gasteiger partial charge in [-0.3, -0.25) is 4.57 Å². The van der Waals surface area contributed by atoms with E-state index in [1.165, 1.54) is 28.8 Å². The van der Waals surface area contributed by atoms with Crippen LogP contribution >= 0.6 is 0 Å². The third-order valence-electron chi connectivity index (χ3n) is 4.04. The zero-order valence-corrected chi connectivity index (χ0v) is 15.3. The Hall–Kier alpha value is -3.68. The Kier molecular flexibility index (Phi) is 5.69. The van der Waals surface area contributed by atoms with Crippen molar-refractivity contribution in [1.82, 2.24) is 14.1 Å². The van der Waals surface area contributed by atoms with Gasteiger partial charge in [-0.15, -0.1) is 6.58 Å². The maximum absolute atomic E-state index is 13.5. The quantitative estimate of drug-likeness (QED) is 0.636. The summed E-state index contributed by atoms with van der Waals surface area (Å²) in [7, 11) is 1.57. The number of hydrogen-bond donors (Lipinski definition) is 1. The lowest BCUT2D eigenvalue weighted by atomic mass is 10.2. The molecule has 0 aliphatic carbocycles. The minimum Gasteiger partial charge on any atom is -0.497 e. The van der Waals surface area contributed by atoms with Gasteiger partial charge in [0, 0.05) is 5.69 Å². The highest BCUT2D eigenvalue weighted by atomic mass is 19.1. The molecule has 0 unspecified atom stereocenters. The number of allylic oxidation sites excluding steroid dienone is 1. The summed E-state index contributed by atoms with van der Waals surface area (Å²) >= 11 is 0. The first-order valence-electron chi connectivity index (χ1n) is 8.50. The second-order valence-electron chi connectivity index (χ2n) is 5.97. The van der Waals surface area contributed by atoms with E-state index in [0.29, 0.717) is 11.4 Å². The average molecular weight is 382 g/mol. The highest BCUT2D eigenvalue weighted by molar-refractivity contribution is 5.53. The lowest BCUT2D eigenvalue weighted by molar-refractivity contribution is 0.414. The smallest absolute Gasteiger partial charge is 0.355 e. The van der Waals surface area contributed by atoms with E-state index in [4.69, 9.17) is 4.74 Å². The molecule has 0 aliphatic heterocycles. The van der Waals surface area contributed by atoms with Gasteiger partial charge < -0.3 is 10.1 Å². The summed E-state index contributed by atoms with van der Waals surface area (Å²) < 4.78 is 20.9. The predicted octanol–water partition coefficient (Wildman–Crippen LogP) is 2.53. The molecule has 2 aromatic carbocycles. The normalized spacial score (nSPS) is 10.5. The van der Waals surface area contributed by atoms with Crippen LogP contribution in [-0.2, 0) is 13.1 Å². The number of anilines is 2. The molecule has 1 heterocycles. The Labute approximate surface area is 160 Å². The van der Waals surface area contributed by atoms with Gasteiger partial charge in [0.1, 0.15) is 11.6 Å². The molecule has 3 aromatic rings. The van der Waals surface area contributed by atoms with E-state index in [0.717, 1.165) is 10.1 Å².